The topological polar surface area (TPSA) is 68.5 Å². The van der Waals surface area contributed by atoms with Crippen LogP contribution < -0.4 is 5.32 Å². The third-order valence-corrected chi connectivity index (χ3v) is 5.40. The van der Waals surface area contributed by atoms with Gasteiger partial charge in [0.15, 0.2) is 0 Å². The van der Waals surface area contributed by atoms with Crippen LogP contribution in [0.4, 0.5) is 5.95 Å². The Kier molecular flexibility index (Phi) is 4.83. The lowest BCUT2D eigenvalue weighted by molar-refractivity contribution is 0.789. The highest BCUT2D eigenvalue weighted by Crippen LogP contribution is 2.30. The molecule has 0 aliphatic rings. The second-order valence-corrected chi connectivity index (χ2v) is 7.06. The molecule has 0 fully saturated rings. The lowest BCUT2D eigenvalue weighted by Crippen LogP contribution is -2.09. The van der Waals surface area contributed by atoms with Gasteiger partial charge in [-0.3, -0.25) is 4.98 Å². The first-order chi connectivity index (χ1) is 12.7. The molecule has 3 heterocycles. The molecule has 6 nitrogen and oxygen atoms in total. The van der Waals surface area contributed by atoms with Crippen molar-refractivity contribution in [3.05, 3.63) is 69.7 Å². The summed E-state index contributed by atoms with van der Waals surface area (Å²) in [5, 5.41) is 17.9. The summed E-state index contributed by atoms with van der Waals surface area (Å²) in [5.41, 5.74) is 2.59. The molecule has 0 amide bonds. The first-order valence-corrected chi connectivity index (χ1v) is 9.32. The van der Waals surface area contributed by atoms with Gasteiger partial charge in [0, 0.05) is 12.7 Å². The second-order valence-electron chi connectivity index (χ2n) is 5.33. The Morgan fingerprint density at radius 3 is 2.85 bits per heavy atom. The fourth-order valence-corrected chi connectivity index (χ4v) is 3.64. The van der Waals surface area contributed by atoms with Crippen molar-refractivity contribution in [3.8, 4) is 16.3 Å². The molecule has 0 bridgehead atoms. The fourth-order valence-electron chi connectivity index (χ4n) is 2.51. The molecule has 4 rings (SSSR count). The number of hydrogen-bond acceptors (Lipinski definition) is 6. The van der Waals surface area contributed by atoms with Gasteiger partial charge in [0.05, 0.1) is 26.3 Å². The maximum Gasteiger partial charge on any atom is 0.248 e. The zero-order valence-corrected chi connectivity index (χ0v) is 15.6. The highest BCUT2D eigenvalue weighted by atomic mass is 35.5. The average Bonchev–Trinajstić information content (AvgIpc) is 3.34. The van der Waals surface area contributed by atoms with Crippen molar-refractivity contribution in [1.82, 2.24) is 25.2 Å². The molecular weight excluding hydrogens is 391 g/mol. The van der Waals surface area contributed by atoms with Gasteiger partial charge in [-0.05, 0) is 45.6 Å². The normalized spacial score (nSPS) is 10.8. The van der Waals surface area contributed by atoms with Crippen LogP contribution in [0.15, 0.2) is 54.0 Å². The fraction of sp³-hybridized carbons (Fsp3) is 0.0588. The molecular formula is C17H12Cl2N6S. The molecule has 0 saturated heterocycles. The third kappa shape index (κ3) is 3.29. The van der Waals surface area contributed by atoms with E-state index in [1.54, 1.807) is 35.7 Å². The van der Waals surface area contributed by atoms with Crippen LogP contribution in [-0.4, -0.2) is 25.2 Å². The lowest BCUT2D eigenvalue weighted by Gasteiger charge is -2.11. The quantitative estimate of drug-likeness (QED) is 0.523. The molecule has 0 aliphatic carbocycles. The molecule has 130 valence electrons. The number of pyridine rings is 1. The number of anilines is 1. The van der Waals surface area contributed by atoms with Crippen LogP contribution in [0.5, 0.6) is 0 Å². The zero-order chi connectivity index (χ0) is 17.9. The van der Waals surface area contributed by atoms with E-state index in [0.717, 1.165) is 16.1 Å². The molecule has 1 N–H and O–H groups in total. The number of rotatable bonds is 5. The van der Waals surface area contributed by atoms with Crippen LogP contribution in [0, 0.1) is 0 Å². The van der Waals surface area contributed by atoms with Crippen molar-refractivity contribution in [2.75, 3.05) is 5.32 Å². The molecule has 0 spiro atoms. The van der Waals surface area contributed by atoms with Crippen molar-refractivity contribution in [2.45, 2.75) is 6.54 Å². The first-order valence-electron chi connectivity index (χ1n) is 7.68. The average molecular weight is 403 g/mol. The molecule has 9 heteroatoms. The van der Waals surface area contributed by atoms with Gasteiger partial charge in [-0.2, -0.15) is 4.68 Å². The van der Waals surface area contributed by atoms with Crippen molar-refractivity contribution in [3.63, 3.8) is 0 Å². The van der Waals surface area contributed by atoms with Crippen molar-refractivity contribution >= 4 is 40.5 Å². The van der Waals surface area contributed by atoms with Gasteiger partial charge in [-0.1, -0.05) is 46.5 Å². The Morgan fingerprint density at radius 1 is 1.08 bits per heavy atom. The predicted octanol–water partition coefficient (Wildman–Crippen LogP) is 4.70. The van der Waals surface area contributed by atoms with Gasteiger partial charge in [-0.15, -0.1) is 11.3 Å². The van der Waals surface area contributed by atoms with E-state index in [2.05, 4.69) is 25.8 Å². The SMILES string of the molecule is Clc1cccc(-n2nnnc2NCc2cccnc2-c2cccs2)c1Cl. The maximum absolute atomic E-state index is 6.28. The number of thiophene rings is 1. The number of benzene rings is 1. The summed E-state index contributed by atoms with van der Waals surface area (Å²) in [5.74, 6) is 0.468. The Bertz CT molecular complexity index is 1030. The van der Waals surface area contributed by atoms with Crippen LogP contribution in [-0.2, 0) is 6.54 Å². The highest BCUT2D eigenvalue weighted by Gasteiger charge is 2.14. The van der Waals surface area contributed by atoms with E-state index in [9.17, 15) is 0 Å². The summed E-state index contributed by atoms with van der Waals surface area (Å²) in [6, 6.07) is 13.3. The minimum atomic E-state index is 0.394. The minimum absolute atomic E-state index is 0.394. The lowest BCUT2D eigenvalue weighted by atomic mass is 10.1. The molecule has 26 heavy (non-hydrogen) atoms. The summed E-state index contributed by atoms with van der Waals surface area (Å²) in [7, 11) is 0. The number of nitrogens with one attached hydrogen (secondary N) is 1. The smallest absolute Gasteiger partial charge is 0.248 e. The van der Waals surface area contributed by atoms with Crippen molar-refractivity contribution in [2.24, 2.45) is 0 Å². The van der Waals surface area contributed by atoms with Gasteiger partial charge in [0.25, 0.3) is 0 Å². The van der Waals surface area contributed by atoms with Crippen LogP contribution in [0.3, 0.4) is 0 Å². The Labute approximate surface area is 163 Å². The van der Waals surface area contributed by atoms with Gasteiger partial charge in [-0.25, -0.2) is 0 Å². The van der Waals surface area contributed by atoms with Crippen molar-refractivity contribution < 1.29 is 0 Å². The van der Waals surface area contributed by atoms with Crippen LogP contribution in [0.25, 0.3) is 16.3 Å². The van der Waals surface area contributed by atoms with Crippen LogP contribution >= 0.6 is 34.5 Å². The summed E-state index contributed by atoms with van der Waals surface area (Å²) in [4.78, 5) is 5.61. The summed E-state index contributed by atoms with van der Waals surface area (Å²) in [6.45, 7) is 0.514. The second kappa shape index (κ2) is 7.41. The van der Waals surface area contributed by atoms with Gasteiger partial charge in [0.1, 0.15) is 0 Å². The zero-order valence-electron chi connectivity index (χ0n) is 13.3. The van der Waals surface area contributed by atoms with E-state index in [4.69, 9.17) is 23.2 Å². The number of nitrogens with zero attached hydrogens (tertiary/aromatic N) is 5. The van der Waals surface area contributed by atoms with E-state index in [-0.39, 0.29) is 0 Å². The molecule has 4 aromatic rings. The van der Waals surface area contributed by atoms with E-state index >= 15 is 0 Å². The van der Waals surface area contributed by atoms with Gasteiger partial charge >= 0.3 is 0 Å². The predicted molar refractivity (Wildman–Crippen MR) is 104 cm³/mol. The first kappa shape index (κ1) is 17.0. The summed E-state index contributed by atoms with van der Waals surface area (Å²) in [6.07, 6.45) is 1.79. The monoisotopic (exact) mass is 402 g/mol. The van der Waals surface area contributed by atoms with Crippen LogP contribution in [0.1, 0.15) is 5.56 Å². The molecule has 0 unspecified atom stereocenters. The van der Waals surface area contributed by atoms with Crippen LogP contribution in [0.2, 0.25) is 10.0 Å². The molecule has 0 radical (unpaired) electrons. The Hall–Kier alpha value is -2.48. The van der Waals surface area contributed by atoms with E-state index in [0.29, 0.717) is 28.2 Å². The summed E-state index contributed by atoms with van der Waals surface area (Å²) < 4.78 is 1.52. The molecule has 0 atom stereocenters. The van der Waals surface area contributed by atoms with E-state index < -0.39 is 0 Å². The summed E-state index contributed by atoms with van der Waals surface area (Å²) >= 11 is 14.0. The molecule has 1 aromatic carbocycles. The number of tetrazole rings is 1. The Morgan fingerprint density at radius 2 is 2.00 bits per heavy atom. The number of aromatic nitrogens is 5. The highest BCUT2D eigenvalue weighted by molar-refractivity contribution is 7.13. The Balaban J connectivity index is 1.62. The van der Waals surface area contributed by atoms with Crippen molar-refractivity contribution in [1.29, 1.82) is 0 Å². The number of hydrogen-bond donors (Lipinski definition) is 1. The minimum Gasteiger partial charge on any atom is -0.349 e. The molecule has 3 aromatic heterocycles. The molecule has 0 aliphatic heterocycles. The number of halogens is 2. The standard InChI is InChI=1S/C17H12Cl2N6S/c18-12-5-1-6-13(15(12)19)25-17(22-23-24-25)21-10-11-4-2-8-20-16(11)14-7-3-9-26-14/h1-9H,10H2,(H,21,22,24). The van der Waals surface area contributed by atoms with E-state index in [1.165, 1.54) is 4.68 Å². The van der Waals surface area contributed by atoms with Gasteiger partial charge in [0.2, 0.25) is 5.95 Å². The largest absolute Gasteiger partial charge is 0.349 e. The third-order valence-electron chi connectivity index (χ3n) is 3.71. The molecule has 0 saturated carbocycles. The van der Waals surface area contributed by atoms with E-state index in [1.807, 2.05) is 29.6 Å². The maximum atomic E-state index is 6.28. The van der Waals surface area contributed by atoms with Gasteiger partial charge < -0.3 is 5.32 Å².